The predicted octanol–water partition coefficient (Wildman–Crippen LogP) is 1.80. The number of rotatable bonds is 2. The van der Waals surface area contributed by atoms with Crippen LogP contribution in [0.1, 0.15) is 48.6 Å². The average molecular weight is 275 g/mol. The van der Waals surface area contributed by atoms with E-state index in [1.54, 1.807) is 0 Å². The second kappa shape index (κ2) is 4.52. The van der Waals surface area contributed by atoms with E-state index in [1.165, 1.54) is 0 Å². The highest BCUT2D eigenvalue weighted by atomic mass is 16.5. The normalized spacial score (nSPS) is 29.5. The van der Waals surface area contributed by atoms with Crippen molar-refractivity contribution in [1.29, 1.82) is 0 Å². The highest BCUT2D eigenvalue weighted by Gasteiger charge is 2.40. The molecule has 3 aliphatic rings. The Morgan fingerprint density at radius 2 is 2.15 bits per heavy atom. The molecule has 1 aromatic rings. The third-order valence-electron chi connectivity index (χ3n) is 4.77. The smallest absolute Gasteiger partial charge is 0.270 e. The average Bonchev–Trinajstić information content (AvgIpc) is 3.05. The van der Waals surface area contributed by atoms with Gasteiger partial charge in [-0.1, -0.05) is 0 Å². The molecule has 1 aromatic heterocycles. The SMILES string of the molecule is Nc1cc(C(=O)N2CCOC3CCCC32)n(C2CC2)c1. The van der Waals surface area contributed by atoms with Crippen molar-refractivity contribution in [3.8, 4) is 0 Å². The summed E-state index contributed by atoms with van der Waals surface area (Å²) < 4.78 is 7.87. The monoisotopic (exact) mass is 275 g/mol. The van der Waals surface area contributed by atoms with Gasteiger partial charge < -0.3 is 19.9 Å². The molecular formula is C15H21N3O2. The second-order valence-corrected chi connectivity index (χ2v) is 6.20. The first kappa shape index (κ1) is 12.3. The molecular weight excluding hydrogens is 254 g/mol. The molecule has 2 saturated carbocycles. The number of carbonyl (C=O) groups excluding carboxylic acids is 1. The molecule has 0 radical (unpaired) electrons. The molecule has 4 rings (SSSR count). The van der Waals surface area contributed by atoms with Gasteiger partial charge in [0.1, 0.15) is 5.69 Å². The van der Waals surface area contributed by atoms with Crippen LogP contribution < -0.4 is 5.73 Å². The highest BCUT2D eigenvalue weighted by Crippen LogP contribution is 2.38. The number of hydrogen-bond donors (Lipinski definition) is 1. The van der Waals surface area contributed by atoms with Crippen LogP contribution in [0.5, 0.6) is 0 Å². The van der Waals surface area contributed by atoms with Crippen molar-refractivity contribution < 1.29 is 9.53 Å². The third-order valence-corrected chi connectivity index (χ3v) is 4.77. The van der Waals surface area contributed by atoms with Crippen molar-refractivity contribution in [3.63, 3.8) is 0 Å². The van der Waals surface area contributed by atoms with E-state index in [1.807, 2.05) is 17.2 Å². The Bertz CT molecular complexity index is 535. The lowest BCUT2D eigenvalue weighted by Gasteiger charge is -2.37. The number of nitrogen functional groups attached to an aromatic ring is 1. The van der Waals surface area contributed by atoms with Gasteiger partial charge in [0.15, 0.2) is 0 Å². The molecule has 20 heavy (non-hydrogen) atoms. The van der Waals surface area contributed by atoms with Gasteiger partial charge in [-0.3, -0.25) is 4.79 Å². The van der Waals surface area contributed by atoms with Gasteiger partial charge in [-0.15, -0.1) is 0 Å². The fraction of sp³-hybridized carbons (Fsp3) is 0.667. The Balaban J connectivity index is 1.63. The molecule has 5 heteroatoms. The molecule has 1 aliphatic heterocycles. The molecule has 2 heterocycles. The van der Waals surface area contributed by atoms with Crippen LogP contribution in [0.2, 0.25) is 0 Å². The minimum atomic E-state index is 0.133. The first-order chi connectivity index (χ1) is 9.74. The number of carbonyl (C=O) groups is 1. The third kappa shape index (κ3) is 1.92. The van der Waals surface area contributed by atoms with E-state index in [2.05, 4.69) is 4.57 Å². The van der Waals surface area contributed by atoms with Crippen molar-refractivity contribution >= 4 is 11.6 Å². The van der Waals surface area contributed by atoms with Crippen LogP contribution in [0.25, 0.3) is 0 Å². The fourth-order valence-corrected chi connectivity index (χ4v) is 3.65. The topological polar surface area (TPSA) is 60.5 Å². The highest BCUT2D eigenvalue weighted by molar-refractivity contribution is 5.94. The molecule has 2 unspecified atom stereocenters. The number of aromatic nitrogens is 1. The van der Waals surface area contributed by atoms with Crippen LogP contribution in [-0.4, -0.2) is 40.7 Å². The Kier molecular flexibility index (Phi) is 2.77. The van der Waals surface area contributed by atoms with Gasteiger partial charge in [-0.05, 0) is 38.2 Å². The minimum absolute atomic E-state index is 0.133. The van der Waals surface area contributed by atoms with Crippen LogP contribution >= 0.6 is 0 Å². The number of amides is 1. The van der Waals surface area contributed by atoms with Crippen molar-refractivity contribution in [1.82, 2.24) is 9.47 Å². The minimum Gasteiger partial charge on any atom is -0.397 e. The maximum atomic E-state index is 12.9. The van der Waals surface area contributed by atoms with Crippen LogP contribution in [-0.2, 0) is 4.74 Å². The van der Waals surface area contributed by atoms with Gasteiger partial charge in [-0.2, -0.15) is 0 Å². The summed E-state index contributed by atoms with van der Waals surface area (Å²) in [4.78, 5) is 14.9. The van der Waals surface area contributed by atoms with Crippen molar-refractivity contribution in [2.45, 2.75) is 50.3 Å². The number of nitrogens with zero attached hydrogens (tertiary/aromatic N) is 2. The second-order valence-electron chi connectivity index (χ2n) is 6.20. The molecule has 0 aromatic carbocycles. The number of morpholine rings is 1. The van der Waals surface area contributed by atoms with E-state index < -0.39 is 0 Å². The number of fused-ring (bicyclic) bond motifs is 1. The lowest BCUT2D eigenvalue weighted by molar-refractivity contribution is -0.0448. The van der Waals surface area contributed by atoms with E-state index in [-0.39, 0.29) is 18.1 Å². The fourth-order valence-electron chi connectivity index (χ4n) is 3.65. The van der Waals surface area contributed by atoms with Gasteiger partial charge in [-0.25, -0.2) is 0 Å². The molecule has 5 nitrogen and oxygen atoms in total. The molecule has 2 N–H and O–H groups in total. The number of ether oxygens (including phenoxy) is 1. The zero-order valence-electron chi connectivity index (χ0n) is 11.6. The quantitative estimate of drug-likeness (QED) is 0.895. The summed E-state index contributed by atoms with van der Waals surface area (Å²) >= 11 is 0. The number of nitrogens with two attached hydrogens (primary N) is 1. The summed E-state index contributed by atoms with van der Waals surface area (Å²) in [5.74, 6) is 0.133. The van der Waals surface area contributed by atoms with Gasteiger partial charge in [0, 0.05) is 18.8 Å². The van der Waals surface area contributed by atoms with Crippen molar-refractivity contribution in [2.75, 3.05) is 18.9 Å². The first-order valence-electron chi connectivity index (χ1n) is 7.64. The zero-order valence-corrected chi connectivity index (χ0v) is 11.6. The molecule has 1 saturated heterocycles. The Hall–Kier alpha value is -1.49. The number of anilines is 1. The first-order valence-corrected chi connectivity index (χ1v) is 7.64. The maximum absolute atomic E-state index is 12.9. The lowest BCUT2D eigenvalue weighted by Crippen LogP contribution is -2.51. The Morgan fingerprint density at radius 1 is 1.30 bits per heavy atom. The van der Waals surface area contributed by atoms with Crippen molar-refractivity contribution in [3.05, 3.63) is 18.0 Å². The van der Waals surface area contributed by atoms with Crippen molar-refractivity contribution in [2.24, 2.45) is 0 Å². The maximum Gasteiger partial charge on any atom is 0.270 e. The van der Waals surface area contributed by atoms with Gasteiger partial charge in [0.25, 0.3) is 5.91 Å². The predicted molar refractivity (Wildman–Crippen MR) is 75.5 cm³/mol. The summed E-state index contributed by atoms with van der Waals surface area (Å²) in [6.45, 7) is 1.36. The standard InChI is InChI=1S/C15H21N3O2/c16-10-8-13(18(9-10)11-4-5-11)15(19)17-6-7-20-14-3-1-2-12(14)17/h8-9,11-12,14H,1-7,16H2. The van der Waals surface area contributed by atoms with Gasteiger partial charge in [0.05, 0.1) is 24.4 Å². The Morgan fingerprint density at radius 3 is 2.95 bits per heavy atom. The zero-order chi connectivity index (χ0) is 13.7. The molecule has 2 atom stereocenters. The molecule has 3 fully saturated rings. The van der Waals surface area contributed by atoms with Crippen LogP contribution in [0.15, 0.2) is 12.3 Å². The largest absolute Gasteiger partial charge is 0.397 e. The lowest BCUT2D eigenvalue weighted by atomic mass is 10.1. The summed E-state index contributed by atoms with van der Waals surface area (Å²) in [5.41, 5.74) is 7.36. The molecule has 0 bridgehead atoms. The van der Waals surface area contributed by atoms with E-state index in [9.17, 15) is 4.79 Å². The summed E-state index contributed by atoms with van der Waals surface area (Å²) in [6, 6.07) is 2.58. The summed E-state index contributed by atoms with van der Waals surface area (Å²) in [7, 11) is 0. The van der Waals surface area contributed by atoms with E-state index in [0.717, 1.165) is 37.8 Å². The van der Waals surface area contributed by atoms with Crippen LogP contribution in [0, 0.1) is 0 Å². The van der Waals surface area contributed by atoms with E-state index in [4.69, 9.17) is 10.5 Å². The van der Waals surface area contributed by atoms with Gasteiger partial charge in [0.2, 0.25) is 0 Å². The molecule has 0 spiro atoms. The van der Waals surface area contributed by atoms with Crippen LogP contribution in [0.4, 0.5) is 5.69 Å². The summed E-state index contributed by atoms with van der Waals surface area (Å²) in [5, 5.41) is 0. The molecule has 2 aliphatic carbocycles. The Labute approximate surface area is 118 Å². The molecule has 1 amide bonds. The summed E-state index contributed by atoms with van der Waals surface area (Å²) in [6.07, 6.45) is 7.78. The molecule has 108 valence electrons. The van der Waals surface area contributed by atoms with Gasteiger partial charge >= 0.3 is 0 Å². The van der Waals surface area contributed by atoms with E-state index >= 15 is 0 Å². The number of hydrogen-bond acceptors (Lipinski definition) is 3. The van der Waals surface area contributed by atoms with E-state index in [0.29, 0.717) is 24.9 Å². The van der Waals surface area contributed by atoms with Crippen LogP contribution in [0.3, 0.4) is 0 Å².